The number of sulfonamides is 1. The highest BCUT2D eigenvalue weighted by molar-refractivity contribution is 7.93. The van der Waals surface area contributed by atoms with E-state index in [-0.39, 0.29) is 37.4 Å². The Bertz CT molecular complexity index is 1480. The maximum Gasteiger partial charge on any atom is 0.265 e. The van der Waals surface area contributed by atoms with Crippen LogP contribution in [-0.2, 0) is 26.2 Å². The number of nitrogens with one attached hydrogen (secondary N) is 1. The van der Waals surface area contributed by atoms with Gasteiger partial charge in [-0.05, 0) is 60.9 Å². The van der Waals surface area contributed by atoms with Crippen LogP contribution in [0.25, 0.3) is 10.8 Å². The molecular formula is C31H36ClN3O4S. The Morgan fingerprint density at radius 2 is 1.73 bits per heavy atom. The zero-order valence-electron chi connectivity index (χ0n) is 22.8. The van der Waals surface area contributed by atoms with Crippen molar-refractivity contribution >= 4 is 49.9 Å². The van der Waals surface area contributed by atoms with E-state index < -0.39 is 16.1 Å². The molecule has 5 rings (SSSR count). The molecular weight excluding hydrogens is 546 g/mol. The third-order valence-corrected chi connectivity index (χ3v) is 10.1. The van der Waals surface area contributed by atoms with E-state index in [0.717, 1.165) is 42.0 Å². The predicted molar refractivity (Wildman–Crippen MR) is 159 cm³/mol. The molecule has 3 aromatic rings. The fourth-order valence-corrected chi connectivity index (χ4v) is 7.84. The summed E-state index contributed by atoms with van der Waals surface area (Å²) < 4.78 is 28.1. The molecule has 1 heterocycles. The molecule has 212 valence electrons. The molecule has 0 aromatic heterocycles. The Kier molecular flexibility index (Phi) is 8.66. The number of rotatable bonds is 10. The summed E-state index contributed by atoms with van der Waals surface area (Å²) >= 11 is 6.08. The molecule has 0 radical (unpaired) electrons. The average Bonchev–Trinajstić information content (AvgIpc) is 3.17. The van der Waals surface area contributed by atoms with E-state index in [9.17, 15) is 18.0 Å². The molecule has 1 atom stereocenters. The second kappa shape index (κ2) is 12.2. The quantitative estimate of drug-likeness (QED) is 0.316. The molecule has 1 saturated carbocycles. The monoisotopic (exact) mass is 581 g/mol. The third-order valence-electron chi connectivity index (χ3n) is 8.04. The molecule has 0 spiro atoms. The molecule has 3 aromatic carbocycles. The number of nitrogens with zero attached hydrogens (tertiary/aromatic N) is 2. The summed E-state index contributed by atoms with van der Waals surface area (Å²) in [5, 5.41) is 5.40. The van der Waals surface area contributed by atoms with Crippen molar-refractivity contribution in [1.82, 2.24) is 10.2 Å². The average molecular weight is 582 g/mol. The summed E-state index contributed by atoms with van der Waals surface area (Å²) in [4.78, 5) is 29.1. The first-order valence-corrected chi connectivity index (χ1v) is 16.0. The Morgan fingerprint density at radius 3 is 2.42 bits per heavy atom. The minimum atomic E-state index is -3.69. The number of anilines is 1. The molecule has 2 aliphatic rings. The fraction of sp³-hybridized carbons (Fsp3) is 0.419. The molecule has 40 heavy (non-hydrogen) atoms. The van der Waals surface area contributed by atoms with Gasteiger partial charge in [-0.15, -0.1) is 0 Å². The Labute approximate surface area is 241 Å². The zero-order valence-corrected chi connectivity index (χ0v) is 24.4. The number of benzene rings is 3. The maximum absolute atomic E-state index is 13.7. The number of amides is 2. The minimum Gasteiger partial charge on any atom is -0.352 e. The Hall–Kier alpha value is -3.10. The minimum absolute atomic E-state index is 0.124. The summed E-state index contributed by atoms with van der Waals surface area (Å²) in [5.74, 6) is -0.297. The van der Waals surface area contributed by atoms with E-state index in [0.29, 0.717) is 28.4 Å². The van der Waals surface area contributed by atoms with Crippen LogP contribution in [0.2, 0.25) is 5.02 Å². The van der Waals surface area contributed by atoms with Crippen LogP contribution in [0.4, 0.5) is 5.69 Å². The summed E-state index contributed by atoms with van der Waals surface area (Å²) in [6, 6.07) is 17.7. The van der Waals surface area contributed by atoms with Gasteiger partial charge >= 0.3 is 0 Å². The highest BCUT2D eigenvalue weighted by Crippen LogP contribution is 2.42. The number of halogens is 1. The lowest BCUT2D eigenvalue weighted by Gasteiger charge is -2.33. The number of hydrogen-bond acceptors (Lipinski definition) is 4. The van der Waals surface area contributed by atoms with Gasteiger partial charge < -0.3 is 10.2 Å². The first kappa shape index (κ1) is 28.4. The van der Waals surface area contributed by atoms with Crippen LogP contribution in [0.15, 0.2) is 65.6 Å². The Morgan fingerprint density at radius 1 is 1.02 bits per heavy atom. The summed E-state index contributed by atoms with van der Waals surface area (Å²) in [5.41, 5.74) is 1.53. The van der Waals surface area contributed by atoms with Gasteiger partial charge in [-0.2, -0.15) is 0 Å². The highest BCUT2D eigenvalue weighted by Gasteiger charge is 2.36. The first-order valence-electron chi connectivity index (χ1n) is 14.2. The molecule has 1 aliphatic carbocycles. The van der Waals surface area contributed by atoms with Gasteiger partial charge in [0.05, 0.1) is 10.6 Å². The normalized spacial score (nSPS) is 17.1. The standard InChI is InChI=1S/C31H36ClN3O4S/c1-2-26(31(37)33-25-11-4-3-5-12-25)34(21-22-16-18-24(32)19-17-22)29(36)15-8-20-35-27-13-6-9-23-10-7-14-28(30(23)27)40(35,38)39/h6-7,9-10,13-14,16-19,25-26H,2-5,8,11-12,15,20-21H2,1H3,(H,33,37). The predicted octanol–water partition coefficient (Wildman–Crippen LogP) is 6.04. The van der Waals surface area contributed by atoms with Crippen molar-refractivity contribution in [3.63, 3.8) is 0 Å². The second-order valence-corrected chi connectivity index (χ2v) is 13.0. The van der Waals surface area contributed by atoms with Gasteiger partial charge in [0.15, 0.2) is 0 Å². The van der Waals surface area contributed by atoms with Crippen molar-refractivity contribution in [2.45, 2.75) is 81.8 Å². The van der Waals surface area contributed by atoms with Crippen LogP contribution in [0.1, 0.15) is 63.9 Å². The van der Waals surface area contributed by atoms with Crippen molar-refractivity contribution in [2.75, 3.05) is 10.8 Å². The van der Waals surface area contributed by atoms with Crippen molar-refractivity contribution in [1.29, 1.82) is 0 Å². The van der Waals surface area contributed by atoms with Crippen molar-refractivity contribution < 1.29 is 18.0 Å². The maximum atomic E-state index is 13.7. The van der Waals surface area contributed by atoms with E-state index in [2.05, 4.69) is 5.32 Å². The van der Waals surface area contributed by atoms with Gasteiger partial charge in [0, 0.05) is 36.0 Å². The molecule has 1 aliphatic heterocycles. The zero-order chi connectivity index (χ0) is 28.3. The van der Waals surface area contributed by atoms with E-state index in [1.165, 1.54) is 10.7 Å². The molecule has 7 nitrogen and oxygen atoms in total. The second-order valence-electron chi connectivity index (χ2n) is 10.7. The van der Waals surface area contributed by atoms with E-state index in [1.54, 1.807) is 29.2 Å². The Balaban J connectivity index is 1.31. The molecule has 1 fully saturated rings. The van der Waals surface area contributed by atoms with Crippen LogP contribution < -0.4 is 9.62 Å². The van der Waals surface area contributed by atoms with Gasteiger partial charge in [-0.1, -0.05) is 74.2 Å². The number of hydrogen-bond donors (Lipinski definition) is 1. The fourth-order valence-electron chi connectivity index (χ4n) is 5.97. The molecule has 0 bridgehead atoms. The van der Waals surface area contributed by atoms with Crippen LogP contribution >= 0.6 is 11.6 Å². The van der Waals surface area contributed by atoms with Gasteiger partial charge in [-0.3, -0.25) is 13.9 Å². The first-order chi connectivity index (χ1) is 19.3. The molecule has 2 amide bonds. The highest BCUT2D eigenvalue weighted by atomic mass is 35.5. The van der Waals surface area contributed by atoms with E-state index >= 15 is 0 Å². The largest absolute Gasteiger partial charge is 0.352 e. The lowest BCUT2D eigenvalue weighted by Crippen LogP contribution is -2.51. The van der Waals surface area contributed by atoms with Crippen LogP contribution in [0.5, 0.6) is 0 Å². The van der Waals surface area contributed by atoms with Crippen molar-refractivity contribution in [2.24, 2.45) is 0 Å². The summed E-state index contributed by atoms with van der Waals surface area (Å²) in [6.07, 6.45) is 6.27. The van der Waals surface area contributed by atoms with E-state index in [4.69, 9.17) is 11.6 Å². The molecule has 1 unspecified atom stereocenters. The summed E-state index contributed by atoms with van der Waals surface area (Å²) in [6.45, 7) is 2.38. The van der Waals surface area contributed by atoms with Gasteiger partial charge in [0.25, 0.3) is 10.0 Å². The SMILES string of the molecule is CCC(C(=O)NC1CCCCC1)N(Cc1ccc(Cl)cc1)C(=O)CCCN1c2cccc3cccc(c23)S1(=O)=O. The smallest absolute Gasteiger partial charge is 0.265 e. The summed E-state index contributed by atoms with van der Waals surface area (Å²) in [7, 11) is -3.69. The van der Waals surface area contributed by atoms with Gasteiger partial charge in [0.2, 0.25) is 11.8 Å². The number of carbonyl (C=O) groups excluding carboxylic acids is 2. The number of carbonyl (C=O) groups is 2. The van der Waals surface area contributed by atoms with E-state index in [1.807, 2.05) is 43.3 Å². The van der Waals surface area contributed by atoms with Gasteiger partial charge in [-0.25, -0.2) is 8.42 Å². The van der Waals surface area contributed by atoms with Crippen molar-refractivity contribution in [3.05, 3.63) is 71.2 Å². The van der Waals surface area contributed by atoms with Crippen LogP contribution in [-0.4, -0.2) is 43.8 Å². The van der Waals surface area contributed by atoms with Crippen molar-refractivity contribution in [3.8, 4) is 0 Å². The van der Waals surface area contributed by atoms with Crippen LogP contribution in [0.3, 0.4) is 0 Å². The molecule has 9 heteroatoms. The molecule has 0 saturated heterocycles. The topological polar surface area (TPSA) is 86.8 Å². The lowest BCUT2D eigenvalue weighted by molar-refractivity contribution is -0.141. The van der Waals surface area contributed by atoms with Crippen LogP contribution in [0, 0.1) is 0 Å². The van der Waals surface area contributed by atoms with Gasteiger partial charge in [0.1, 0.15) is 6.04 Å². The lowest BCUT2D eigenvalue weighted by atomic mass is 9.95. The third kappa shape index (κ3) is 5.84. The molecule has 1 N–H and O–H groups in total.